The van der Waals surface area contributed by atoms with Crippen molar-refractivity contribution in [2.45, 2.75) is 13.5 Å². The number of nitrogens with zero attached hydrogens (tertiary/aromatic N) is 3. The van der Waals surface area contributed by atoms with Crippen LogP contribution in [0.4, 0.5) is 11.5 Å². The Labute approximate surface area is 109 Å². The number of nitro groups is 1. The zero-order chi connectivity index (χ0) is 14.0. The standard InChI is InChI=1S/C12H14N4O3/c1-8-6-9(16(18)19)2-3-10(8)11-7-12(13)15(14-11)4-5-17/h2-3,6-7,17H,4-5,13H2,1H3. The van der Waals surface area contributed by atoms with Crippen molar-refractivity contribution in [2.75, 3.05) is 12.3 Å². The summed E-state index contributed by atoms with van der Waals surface area (Å²) in [4.78, 5) is 10.2. The SMILES string of the molecule is Cc1cc([N+](=O)[O-])ccc1-c1cc(N)n(CCO)n1. The molecular weight excluding hydrogens is 248 g/mol. The van der Waals surface area contributed by atoms with Crippen LogP contribution in [0.25, 0.3) is 11.3 Å². The van der Waals surface area contributed by atoms with Crippen LogP contribution < -0.4 is 5.73 Å². The first-order valence-corrected chi connectivity index (χ1v) is 5.72. The van der Waals surface area contributed by atoms with Gasteiger partial charge in [-0.05, 0) is 18.6 Å². The van der Waals surface area contributed by atoms with Gasteiger partial charge in [0, 0.05) is 23.8 Å². The van der Waals surface area contributed by atoms with Crippen LogP contribution in [0.2, 0.25) is 0 Å². The van der Waals surface area contributed by atoms with Crippen molar-refractivity contribution >= 4 is 11.5 Å². The van der Waals surface area contributed by atoms with Gasteiger partial charge in [-0.15, -0.1) is 0 Å². The van der Waals surface area contributed by atoms with Gasteiger partial charge in [0.2, 0.25) is 0 Å². The van der Waals surface area contributed by atoms with Crippen LogP contribution in [0.3, 0.4) is 0 Å². The summed E-state index contributed by atoms with van der Waals surface area (Å²) >= 11 is 0. The van der Waals surface area contributed by atoms with Crippen LogP contribution in [0.1, 0.15) is 5.56 Å². The summed E-state index contributed by atoms with van der Waals surface area (Å²) in [5.41, 5.74) is 8.00. The van der Waals surface area contributed by atoms with Crippen molar-refractivity contribution in [3.63, 3.8) is 0 Å². The molecule has 0 unspecified atom stereocenters. The number of aliphatic hydroxyl groups excluding tert-OH is 1. The Bertz CT molecular complexity index is 621. The van der Waals surface area contributed by atoms with E-state index in [1.165, 1.54) is 16.8 Å². The molecule has 0 radical (unpaired) electrons. The quantitative estimate of drug-likeness (QED) is 0.638. The normalized spacial score (nSPS) is 10.6. The molecule has 0 fully saturated rings. The highest BCUT2D eigenvalue weighted by Gasteiger charge is 2.12. The predicted octanol–water partition coefficient (Wildman–Crippen LogP) is 1.34. The lowest BCUT2D eigenvalue weighted by atomic mass is 10.1. The number of hydrogen-bond acceptors (Lipinski definition) is 5. The maximum absolute atomic E-state index is 10.7. The lowest BCUT2D eigenvalue weighted by Crippen LogP contribution is -2.07. The third-order valence-corrected chi connectivity index (χ3v) is 2.82. The monoisotopic (exact) mass is 262 g/mol. The summed E-state index contributed by atoms with van der Waals surface area (Å²) in [5.74, 6) is 0.446. The molecule has 1 aromatic heterocycles. The average molecular weight is 262 g/mol. The molecule has 0 saturated carbocycles. The van der Waals surface area contributed by atoms with Crippen LogP contribution in [0.5, 0.6) is 0 Å². The lowest BCUT2D eigenvalue weighted by molar-refractivity contribution is -0.384. The van der Waals surface area contributed by atoms with Crippen LogP contribution in [0.15, 0.2) is 24.3 Å². The molecule has 2 aromatic rings. The van der Waals surface area contributed by atoms with E-state index in [1.54, 1.807) is 19.1 Å². The minimum absolute atomic E-state index is 0.0454. The molecule has 0 amide bonds. The van der Waals surface area contributed by atoms with Gasteiger partial charge in [-0.25, -0.2) is 4.68 Å². The molecule has 7 heteroatoms. The maximum Gasteiger partial charge on any atom is 0.269 e. The number of hydrogen-bond donors (Lipinski definition) is 2. The van der Waals surface area contributed by atoms with Crippen molar-refractivity contribution in [1.82, 2.24) is 9.78 Å². The first-order chi connectivity index (χ1) is 9.02. The summed E-state index contributed by atoms with van der Waals surface area (Å²) in [6, 6.07) is 6.27. The number of aliphatic hydroxyl groups is 1. The Morgan fingerprint density at radius 2 is 2.21 bits per heavy atom. The van der Waals surface area contributed by atoms with Gasteiger partial charge in [-0.3, -0.25) is 10.1 Å². The minimum atomic E-state index is -0.435. The molecule has 2 rings (SSSR count). The van der Waals surface area contributed by atoms with Gasteiger partial charge < -0.3 is 10.8 Å². The minimum Gasteiger partial charge on any atom is -0.394 e. The number of aryl methyl sites for hydroxylation is 1. The Morgan fingerprint density at radius 3 is 2.79 bits per heavy atom. The van der Waals surface area contributed by atoms with Crippen LogP contribution >= 0.6 is 0 Å². The van der Waals surface area contributed by atoms with E-state index in [2.05, 4.69) is 5.10 Å². The Morgan fingerprint density at radius 1 is 1.47 bits per heavy atom. The third kappa shape index (κ3) is 2.55. The molecule has 100 valence electrons. The predicted molar refractivity (Wildman–Crippen MR) is 70.6 cm³/mol. The van der Waals surface area contributed by atoms with E-state index < -0.39 is 4.92 Å². The van der Waals surface area contributed by atoms with Gasteiger partial charge in [0.1, 0.15) is 5.82 Å². The van der Waals surface area contributed by atoms with Crippen LogP contribution in [0, 0.1) is 17.0 Å². The van der Waals surface area contributed by atoms with E-state index in [9.17, 15) is 10.1 Å². The highest BCUT2D eigenvalue weighted by Crippen LogP contribution is 2.27. The van der Waals surface area contributed by atoms with E-state index in [4.69, 9.17) is 10.8 Å². The number of nitrogen functional groups attached to an aromatic ring is 1. The molecular formula is C12H14N4O3. The highest BCUT2D eigenvalue weighted by atomic mass is 16.6. The third-order valence-electron chi connectivity index (χ3n) is 2.82. The summed E-state index contributed by atoms with van der Waals surface area (Å²) in [6.45, 7) is 2.05. The number of benzene rings is 1. The molecule has 0 aliphatic heterocycles. The second kappa shape index (κ2) is 5.07. The summed E-state index contributed by atoms with van der Waals surface area (Å²) in [6.07, 6.45) is 0. The Balaban J connectivity index is 2.41. The molecule has 7 nitrogen and oxygen atoms in total. The number of nitrogens with two attached hydrogens (primary N) is 1. The lowest BCUT2D eigenvalue weighted by Gasteiger charge is -2.02. The number of nitro benzene ring substituents is 1. The van der Waals surface area contributed by atoms with Gasteiger partial charge in [0.15, 0.2) is 0 Å². The van der Waals surface area contributed by atoms with Gasteiger partial charge in [0.25, 0.3) is 5.69 Å². The zero-order valence-electron chi connectivity index (χ0n) is 10.4. The first-order valence-electron chi connectivity index (χ1n) is 5.72. The fraction of sp³-hybridized carbons (Fsp3) is 0.250. The molecule has 3 N–H and O–H groups in total. The molecule has 1 aromatic carbocycles. The Kier molecular flexibility index (Phi) is 3.48. The molecule has 0 spiro atoms. The molecule has 0 bridgehead atoms. The summed E-state index contributed by atoms with van der Waals surface area (Å²) < 4.78 is 1.50. The van der Waals surface area contributed by atoms with Gasteiger partial charge in [0.05, 0.1) is 23.8 Å². The van der Waals surface area contributed by atoms with Crippen molar-refractivity contribution in [2.24, 2.45) is 0 Å². The first kappa shape index (κ1) is 13.0. The topological polar surface area (TPSA) is 107 Å². The number of non-ortho nitro benzene ring substituents is 1. The van der Waals surface area contributed by atoms with Crippen molar-refractivity contribution in [3.8, 4) is 11.3 Å². The summed E-state index contributed by atoms with van der Waals surface area (Å²) in [7, 11) is 0. The fourth-order valence-electron chi connectivity index (χ4n) is 1.89. The van der Waals surface area contributed by atoms with E-state index in [1.807, 2.05) is 0 Å². The number of aromatic nitrogens is 2. The van der Waals surface area contributed by atoms with Gasteiger partial charge in [-0.1, -0.05) is 0 Å². The van der Waals surface area contributed by atoms with Crippen molar-refractivity contribution in [1.29, 1.82) is 0 Å². The van der Waals surface area contributed by atoms with E-state index >= 15 is 0 Å². The maximum atomic E-state index is 10.7. The average Bonchev–Trinajstić information content (AvgIpc) is 2.71. The van der Waals surface area contributed by atoms with Crippen molar-refractivity contribution < 1.29 is 10.0 Å². The highest BCUT2D eigenvalue weighted by molar-refractivity contribution is 5.67. The largest absolute Gasteiger partial charge is 0.394 e. The number of anilines is 1. The van der Waals surface area contributed by atoms with Crippen LogP contribution in [-0.4, -0.2) is 26.4 Å². The molecule has 0 atom stereocenters. The summed E-state index contributed by atoms with van der Waals surface area (Å²) in [5, 5.41) is 23.8. The molecule has 19 heavy (non-hydrogen) atoms. The molecule has 0 aliphatic carbocycles. The van der Waals surface area contributed by atoms with E-state index in [0.717, 1.165) is 11.1 Å². The molecule has 0 aliphatic rings. The Hall–Kier alpha value is -2.41. The van der Waals surface area contributed by atoms with Gasteiger partial charge in [-0.2, -0.15) is 5.10 Å². The fourth-order valence-corrected chi connectivity index (χ4v) is 1.89. The van der Waals surface area contributed by atoms with Crippen molar-refractivity contribution in [3.05, 3.63) is 39.9 Å². The molecule has 0 saturated heterocycles. The second-order valence-corrected chi connectivity index (χ2v) is 4.16. The van der Waals surface area contributed by atoms with E-state index in [-0.39, 0.29) is 12.3 Å². The smallest absolute Gasteiger partial charge is 0.269 e. The van der Waals surface area contributed by atoms with E-state index in [0.29, 0.717) is 18.1 Å². The zero-order valence-corrected chi connectivity index (χ0v) is 10.4. The number of rotatable bonds is 4. The molecule has 1 heterocycles. The second-order valence-electron chi connectivity index (χ2n) is 4.16. The van der Waals surface area contributed by atoms with Crippen LogP contribution in [-0.2, 0) is 6.54 Å². The van der Waals surface area contributed by atoms with Gasteiger partial charge >= 0.3 is 0 Å².